The van der Waals surface area contributed by atoms with Crippen LogP contribution >= 0.6 is 11.3 Å². The molecule has 16 heavy (non-hydrogen) atoms. The summed E-state index contributed by atoms with van der Waals surface area (Å²) in [5.74, 6) is 0.203. The van der Waals surface area contributed by atoms with Crippen molar-refractivity contribution in [3.63, 3.8) is 0 Å². The number of aromatic nitrogens is 1. The standard InChI is InChI=1S/C10H15F3N2S/c1-6(2)9-7(5-14)16-8(15-9)3-4-10(11,12)13/h6H,3-5,14H2,1-2H3. The van der Waals surface area contributed by atoms with E-state index in [1.54, 1.807) is 0 Å². The van der Waals surface area contributed by atoms with E-state index in [1.165, 1.54) is 11.3 Å². The predicted molar refractivity (Wildman–Crippen MR) is 58.5 cm³/mol. The Morgan fingerprint density at radius 1 is 1.38 bits per heavy atom. The Morgan fingerprint density at radius 3 is 2.38 bits per heavy atom. The number of halogens is 3. The molecule has 0 radical (unpaired) electrons. The summed E-state index contributed by atoms with van der Waals surface area (Å²) in [7, 11) is 0. The van der Waals surface area contributed by atoms with E-state index < -0.39 is 12.6 Å². The molecule has 0 aliphatic heterocycles. The van der Waals surface area contributed by atoms with Crippen LogP contribution in [-0.2, 0) is 13.0 Å². The lowest BCUT2D eigenvalue weighted by molar-refractivity contribution is -0.134. The van der Waals surface area contributed by atoms with E-state index in [4.69, 9.17) is 5.73 Å². The zero-order chi connectivity index (χ0) is 12.3. The molecule has 0 aliphatic rings. The maximum absolute atomic E-state index is 12.0. The highest BCUT2D eigenvalue weighted by molar-refractivity contribution is 7.11. The van der Waals surface area contributed by atoms with Gasteiger partial charge in [-0.3, -0.25) is 0 Å². The SMILES string of the molecule is CC(C)c1nc(CCC(F)(F)F)sc1CN. The quantitative estimate of drug-likeness (QED) is 0.893. The third kappa shape index (κ3) is 3.75. The third-order valence-electron chi connectivity index (χ3n) is 2.13. The van der Waals surface area contributed by atoms with E-state index in [1.807, 2.05) is 13.8 Å². The summed E-state index contributed by atoms with van der Waals surface area (Å²) in [4.78, 5) is 5.12. The van der Waals surface area contributed by atoms with Crippen LogP contribution in [0.1, 0.15) is 41.8 Å². The Kier molecular flexibility index (Phi) is 4.32. The predicted octanol–water partition coefficient (Wildman–Crippen LogP) is 3.22. The molecule has 0 spiro atoms. The molecule has 1 heterocycles. The Hall–Kier alpha value is -0.620. The maximum Gasteiger partial charge on any atom is 0.389 e. The maximum atomic E-state index is 12.0. The fraction of sp³-hybridized carbons (Fsp3) is 0.700. The second kappa shape index (κ2) is 5.14. The largest absolute Gasteiger partial charge is 0.389 e. The second-order valence-electron chi connectivity index (χ2n) is 3.89. The molecule has 0 bridgehead atoms. The summed E-state index contributed by atoms with van der Waals surface area (Å²) >= 11 is 1.29. The highest BCUT2D eigenvalue weighted by Gasteiger charge is 2.27. The van der Waals surface area contributed by atoms with Crippen molar-refractivity contribution in [3.05, 3.63) is 15.6 Å². The van der Waals surface area contributed by atoms with Crippen LogP contribution in [0.4, 0.5) is 13.2 Å². The fourth-order valence-corrected chi connectivity index (χ4v) is 2.47. The van der Waals surface area contributed by atoms with Crippen LogP contribution in [0.5, 0.6) is 0 Å². The van der Waals surface area contributed by atoms with Gasteiger partial charge in [-0.1, -0.05) is 13.8 Å². The number of thiazole rings is 1. The van der Waals surface area contributed by atoms with Gasteiger partial charge in [-0.2, -0.15) is 13.2 Å². The first-order valence-electron chi connectivity index (χ1n) is 5.08. The molecule has 6 heteroatoms. The number of hydrogen-bond acceptors (Lipinski definition) is 3. The topological polar surface area (TPSA) is 38.9 Å². The van der Waals surface area contributed by atoms with Crippen molar-refractivity contribution in [2.75, 3.05) is 0 Å². The Labute approximate surface area is 96.7 Å². The minimum absolute atomic E-state index is 0.0477. The van der Waals surface area contributed by atoms with Crippen LogP contribution in [0.15, 0.2) is 0 Å². The number of rotatable bonds is 4. The lowest BCUT2D eigenvalue weighted by Gasteiger charge is -2.03. The minimum atomic E-state index is -4.12. The van der Waals surface area contributed by atoms with Gasteiger partial charge in [0.1, 0.15) is 0 Å². The van der Waals surface area contributed by atoms with E-state index in [2.05, 4.69) is 4.98 Å². The van der Waals surface area contributed by atoms with E-state index in [-0.39, 0.29) is 12.3 Å². The molecule has 0 atom stereocenters. The molecular weight excluding hydrogens is 237 g/mol. The van der Waals surface area contributed by atoms with Gasteiger partial charge in [0, 0.05) is 24.3 Å². The molecule has 0 saturated heterocycles. The van der Waals surface area contributed by atoms with Crippen LogP contribution < -0.4 is 5.73 Å². The summed E-state index contributed by atoms with van der Waals surface area (Å²) in [5, 5.41) is 0.529. The van der Waals surface area contributed by atoms with Crippen LogP contribution in [-0.4, -0.2) is 11.2 Å². The molecule has 0 saturated carbocycles. The zero-order valence-electron chi connectivity index (χ0n) is 9.27. The molecule has 1 aromatic rings. The lowest BCUT2D eigenvalue weighted by Crippen LogP contribution is -2.08. The van der Waals surface area contributed by atoms with E-state index in [0.29, 0.717) is 11.6 Å². The first kappa shape index (κ1) is 13.4. The van der Waals surface area contributed by atoms with Crippen LogP contribution in [0, 0.1) is 0 Å². The number of nitrogens with two attached hydrogens (primary N) is 1. The summed E-state index contributed by atoms with van der Waals surface area (Å²) < 4.78 is 36.1. The van der Waals surface area contributed by atoms with Gasteiger partial charge < -0.3 is 5.73 Å². The van der Waals surface area contributed by atoms with Crippen molar-refractivity contribution in [2.45, 2.75) is 45.3 Å². The van der Waals surface area contributed by atoms with E-state index in [0.717, 1.165) is 10.6 Å². The molecule has 0 aliphatic carbocycles. The minimum Gasteiger partial charge on any atom is -0.326 e. The highest BCUT2D eigenvalue weighted by atomic mass is 32.1. The van der Waals surface area contributed by atoms with E-state index >= 15 is 0 Å². The molecule has 92 valence electrons. The van der Waals surface area contributed by atoms with Gasteiger partial charge in [0.2, 0.25) is 0 Å². The Morgan fingerprint density at radius 2 is 2.00 bits per heavy atom. The average molecular weight is 252 g/mol. The second-order valence-corrected chi connectivity index (χ2v) is 5.06. The molecule has 1 rings (SSSR count). The van der Waals surface area contributed by atoms with Crippen molar-refractivity contribution in [1.82, 2.24) is 4.98 Å². The van der Waals surface area contributed by atoms with Crippen molar-refractivity contribution < 1.29 is 13.2 Å². The van der Waals surface area contributed by atoms with Crippen LogP contribution in [0.2, 0.25) is 0 Å². The molecule has 2 N–H and O–H groups in total. The summed E-state index contributed by atoms with van der Waals surface area (Å²) in [6, 6.07) is 0. The molecule has 0 unspecified atom stereocenters. The number of nitrogens with zero attached hydrogens (tertiary/aromatic N) is 1. The summed E-state index contributed by atoms with van der Waals surface area (Å²) in [6.45, 7) is 4.26. The van der Waals surface area contributed by atoms with Gasteiger partial charge in [0.15, 0.2) is 0 Å². The number of hydrogen-bond donors (Lipinski definition) is 1. The Bertz CT molecular complexity index is 344. The smallest absolute Gasteiger partial charge is 0.326 e. The lowest BCUT2D eigenvalue weighted by atomic mass is 10.1. The normalized spacial score (nSPS) is 12.4. The van der Waals surface area contributed by atoms with Gasteiger partial charge in [-0.25, -0.2) is 4.98 Å². The average Bonchev–Trinajstić information content (AvgIpc) is 2.56. The Balaban J connectivity index is 2.75. The molecule has 0 amide bonds. The first-order valence-corrected chi connectivity index (χ1v) is 5.90. The van der Waals surface area contributed by atoms with Gasteiger partial charge >= 0.3 is 6.18 Å². The van der Waals surface area contributed by atoms with Crippen molar-refractivity contribution in [3.8, 4) is 0 Å². The summed E-state index contributed by atoms with van der Waals surface area (Å²) in [6.07, 6.45) is -4.98. The third-order valence-corrected chi connectivity index (χ3v) is 3.28. The fourth-order valence-electron chi connectivity index (χ4n) is 1.37. The van der Waals surface area contributed by atoms with Crippen LogP contribution in [0.3, 0.4) is 0 Å². The molecule has 0 aromatic carbocycles. The van der Waals surface area contributed by atoms with Gasteiger partial charge in [-0.05, 0) is 5.92 Å². The first-order chi connectivity index (χ1) is 7.33. The summed E-state index contributed by atoms with van der Waals surface area (Å²) in [5.41, 5.74) is 6.37. The van der Waals surface area contributed by atoms with Gasteiger partial charge in [-0.15, -0.1) is 11.3 Å². The number of aryl methyl sites for hydroxylation is 1. The molecular formula is C10H15F3N2S. The zero-order valence-corrected chi connectivity index (χ0v) is 10.1. The molecule has 2 nitrogen and oxygen atoms in total. The monoisotopic (exact) mass is 252 g/mol. The van der Waals surface area contributed by atoms with E-state index in [9.17, 15) is 13.2 Å². The van der Waals surface area contributed by atoms with Crippen LogP contribution in [0.25, 0.3) is 0 Å². The number of alkyl halides is 3. The van der Waals surface area contributed by atoms with Gasteiger partial charge in [0.05, 0.1) is 10.7 Å². The van der Waals surface area contributed by atoms with Crippen molar-refractivity contribution in [2.24, 2.45) is 5.73 Å². The molecule has 1 aromatic heterocycles. The van der Waals surface area contributed by atoms with Crippen molar-refractivity contribution in [1.29, 1.82) is 0 Å². The molecule has 0 fully saturated rings. The highest BCUT2D eigenvalue weighted by Crippen LogP contribution is 2.28. The van der Waals surface area contributed by atoms with Gasteiger partial charge in [0.25, 0.3) is 0 Å². The van der Waals surface area contributed by atoms with Crippen molar-refractivity contribution >= 4 is 11.3 Å².